The Hall–Kier alpha value is -2.55. The molecule has 0 bridgehead atoms. The van der Waals surface area contributed by atoms with Crippen LogP contribution in [-0.4, -0.2) is 4.57 Å². The Kier molecular flexibility index (Phi) is 6.23. The number of nitrogens with zero attached hydrogens (tertiary/aromatic N) is 1. The van der Waals surface area contributed by atoms with Gasteiger partial charge in [0.05, 0.1) is 5.52 Å². The third kappa shape index (κ3) is 4.46. The van der Waals surface area contributed by atoms with E-state index in [9.17, 15) is 4.79 Å². The molecule has 28 heavy (non-hydrogen) atoms. The van der Waals surface area contributed by atoms with Gasteiger partial charge in [-0.25, -0.2) is 0 Å². The van der Waals surface area contributed by atoms with Gasteiger partial charge in [0, 0.05) is 28.6 Å². The summed E-state index contributed by atoms with van der Waals surface area (Å²) in [5.74, 6) is 0. The van der Waals surface area contributed by atoms with Crippen molar-refractivity contribution in [3.05, 3.63) is 105 Å². The second kappa shape index (κ2) is 8.64. The largest absolute Gasteiger partial charge is 0.311 e. The number of aromatic nitrogens is 1. The van der Waals surface area contributed by atoms with Crippen LogP contribution >= 0.6 is 23.2 Å². The zero-order chi connectivity index (χ0) is 20.3. The minimum Gasteiger partial charge on any atom is -0.311 e. The summed E-state index contributed by atoms with van der Waals surface area (Å²) in [6, 6.07) is 15.3. The number of pyridine rings is 1. The summed E-state index contributed by atoms with van der Waals surface area (Å²) in [5, 5.41) is 2.32. The van der Waals surface area contributed by atoms with E-state index in [0.717, 1.165) is 33.2 Å². The van der Waals surface area contributed by atoms with Gasteiger partial charge in [-0.3, -0.25) is 4.79 Å². The van der Waals surface area contributed by atoms with Crippen LogP contribution < -0.4 is 5.56 Å². The van der Waals surface area contributed by atoms with Crippen molar-refractivity contribution < 1.29 is 0 Å². The highest BCUT2D eigenvalue weighted by atomic mass is 35.5. The molecular formula is C24H21Cl2NO. The molecule has 0 saturated heterocycles. The standard InChI is InChI=1S/C24H21Cl2NO/c1-4-19(25)10-8-16(2)12-17-9-11-23-22(13-17)21(15-24(28)27(23)3)18-6-5-7-20(26)14-18/h4-11,13-15H,2,12H2,1,3H3/b10-8-,19-4+. The molecule has 2 aromatic carbocycles. The van der Waals surface area contributed by atoms with Gasteiger partial charge in [-0.15, -0.1) is 0 Å². The maximum absolute atomic E-state index is 12.4. The zero-order valence-electron chi connectivity index (χ0n) is 15.9. The van der Waals surface area contributed by atoms with Crippen LogP contribution in [0.25, 0.3) is 22.0 Å². The van der Waals surface area contributed by atoms with Crippen molar-refractivity contribution in [2.75, 3.05) is 0 Å². The number of allylic oxidation sites excluding steroid dienone is 5. The first-order valence-corrected chi connectivity index (χ1v) is 9.71. The predicted octanol–water partition coefficient (Wildman–Crippen LogP) is 6.66. The molecule has 0 spiro atoms. The van der Waals surface area contributed by atoms with Crippen molar-refractivity contribution in [1.82, 2.24) is 4.57 Å². The Balaban J connectivity index is 2.08. The number of rotatable bonds is 5. The van der Waals surface area contributed by atoms with E-state index >= 15 is 0 Å². The molecule has 0 atom stereocenters. The number of halogens is 2. The quantitative estimate of drug-likeness (QED) is 0.431. The fourth-order valence-corrected chi connectivity index (χ4v) is 3.38. The molecule has 2 nitrogen and oxygen atoms in total. The summed E-state index contributed by atoms with van der Waals surface area (Å²) in [7, 11) is 1.78. The van der Waals surface area contributed by atoms with E-state index in [1.54, 1.807) is 17.7 Å². The lowest BCUT2D eigenvalue weighted by molar-refractivity contribution is 0.906. The first-order valence-electron chi connectivity index (χ1n) is 8.95. The molecule has 0 aliphatic carbocycles. The summed E-state index contributed by atoms with van der Waals surface area (Å²) >= 11 is 12.2. The van der Waals surface area contributed by atoms with Crippen LogP contribution in [-0.2, 0) is 13.5 Å². The van der Waals surface area contributed by atoms with Gasteiger partial charge in [0.15, 0.2) is 0 Å². The minimum absolute atomic E-state index is 0.0523. The maximum Gasteiger partial charge on any atom is 0.251 e. The summed E-state index contributed by atoms with van der Waals surface area (Å²) in [6.45, 7) is 6.00. The van der Waals surface area contributed by atoms with E-state index in [1.165, 1.54) is 0 Å². The van der Waals surface area contributed by atoms with Gasteiger partial charge in [-0.1, -0.05) is 65.7 Å². The van der Waals surface area contributed by atoms with Crippen LogP contribution in [0.5, 0.6) is 0 Å². The van der Waals surface area contributed by atoms with Crippen LogP contribution in [0.1, 0.15) is 12.5 Å². The topological polar surface area (TPSA) is 22.0 Å². The molecule has 0 fully saturated rings. The zero-order valence-corrected chi connectivity index (χ0v) is 17.4. The average molecular weight is 410 g/mol. The molecule has 0 radical (unpaired) electrons. The van der Waals surface area contributed by atoms with Gasteiger partial charge in [0.2, 0.25) is 0 Å². The highest BCUT2D eigenvalue weighted by Gasteiger charge is 2.10. The van der Waals surface area contributed by atoms with Crippen LogP contribution in [0.3, 0.4) is 0 Å². The van der Waals surface area contributed by atoms with Gasteiger partial charge in [0.1, 0.15) is 0 Å². The van der Waals surface area contributed by atoms with Gasteiger partial charge < -0.3 is 4.57 Å². The molecule has 3 rings (SSSR count). The minimum atomic E-state index is -0.0523. The molecule has 1 heterocycles. The first-order chi connectivity index (χ1) is 13.4. The molecule has 0 unspecified atom stereocenters. The lowest BCUT2D eigenvalue weighted by Gasteiger charge is -2.13. The Morgan fingerprint density at radius 1 is 1.14 bits per heavy atom. The third-order valence-corrected chi connectivity index (χ3v) is 5.21. The van der Waals surface area contributed by atoms with Crippen LogP contribution in [0.2, 0.25) is 5.02 Å². The number of benzene rings is 2. The molecule has 0 aliphatic rings. The van der Waals surface area contributed by atoms with E-state index in [4.69, 9.17) is 23.2 Å². The van der Waals surface area contributed by atoms with Crippen molar-refractivity contribution in [3.63, 3.8) is 0 Å². The third-order valence-electron chi connectivity index (χ3n) is 4.63. The molecule has 0 N–H and O–H groups in total. The summed E-state index contributed by atoms with van der Waals surface area (Å²) in [6.07, 6.45) is 6.29. The second-order valence-corrected chi connectivity index (χ2v) is 7.53. The number of hydrogen-bond donors (Lipinski definition) is 0. The van der Waals surface area contributed by atoms with E-state index in [0.29, 0.717) is 16.5 Å². The van der Waals surface area contributed by atoms with Crippen LogP contribution in [0, 0.1) is 0 Å². The van der Waals surface area contributed by atoms with Crippen LogP contribution in [0.4, 0.5) is 0 Å². The Bertz CT molecular complexity index is 1170. The number of aryl methyl sites for hydroxylation is 1. The lowest BCUT2D eigenvalue weighted by atomic mass is 9.97. The van der Waals surface area contributed by atoms with E-state index in [2.05, 4.69) is 12.6 Å². The molecule has 3 aromatic rings. The molecule has 0 saturated carbocycles. The Morgan fingerprint density at radius 2 is 1.93 bits per heavy atom. The highest BCUT2D eigenvalue weighted by molar-refractivity contribution is 6.31. The van der Waals surface area contributed by atoms with Crippen molar-refractivity contribution in [2.24, 2.45) is 7.05 Å². The summed E-state index contributed by atoms with van der Waals surface area (Å²) < 4.78 is 1.66. The van der Waals surface area contributed by atoms with E-state index < -0.39 is 0 Å². The monoisotopic (exact) mass is 409 g/mol. The molecule has 0 aliphatic heterocycles. The predicted molar refractivity (Wildman–Crippen MR) is 121 cm³/mol. The Labute approximate surface area is 175 Å². The van der Waals surface area contributed by atoms with Gasteiger partial charge in [-0.2, -0.15) is 0 Å². The fraction of sp³-hybridized carbons (Fsp3) is 0.125. The van der Waals surface area contributed by atoms with Gasteiger partial charge in [0.25, 0.3) is 5.56 Å². The second-order valence-electron chi connectivity index (χ2n) is 6.66. The smallest absolute Gasteiger partial charge is 0.251 e. The van der Waals surface area contributed by atoms with Crippen molar-refractivity contribution >= 4 is 34.1 Å². The molecule has 142 valence electrons. The molecular weight excluding hydrogens is 389 g/mol. The number of hydrogen-bond acceptors (Lipinski definition) is 1. The molecule has 1 aromatic heterocycles. The van der Waals surface area contributed by atoms with E-state index in [1.807, 2.05) is 61.5 Å². The SMILES string of the molecule is C=C(/C=C\C(Cl)=C/C)Cc1ccc2c(c1)c(-c1cccc(Cl)c1)cc(=O)n2C. The maximum atomic E-state index is 12.4. The average Bonchev–Trinajstić information content (AvgIpc) is 2.68. The molecule has 0 amide bonds. The number of fused-ring (bicyclic) bond motifs is 1. The van der Waals surface area contributed by atoms with Crippen LogP contribution in [0.15, 0.2) is 88.7 Å². The van der Waals surface area contributed by atoms with Gasteiger partial charge in [-0.05, 0) is 60.4 Å². The summed E-state index contributed by atoms with van der Waals surface area (Å²) in [4.78, 5) is 12.4. The normalized spacial score (nSPS) is 12.1. The first kappa shape index (κ1) is 20.2. The van der Waals surface area contributed by atoms with Crippen molar-refractivity contribution in [1.29, 1.82) is 0 Å². The summed E-state index contributed by atoms with van der Waals surface area (Å²) in [5.41, 5.74) is 4.69. The fourth-order valence-electron chi connectivity index (χ4n) is 3.13. The van der Waals surface area contributed by atoms with Crippen molar-refractivity contribution in [3.8, 4) is 11.1 Å². The Morgan fingerprint density at radius 3 is 2.64 bits per heavy atom. The molecule has 4 heteroatoms. The van der Waals surface area contributed by atoms with Gasteiger partial charge >= 0.3 is 0 Å². The van der Waals surface area contributed by atoms with E-state index in [-0.39, 0.29) is 5.56 Å². The van der Waals surface area contributed by atoms with Crippen molar-refractivity contribution in [2.45, 2.75) is 13.3 Å². The lowest BCUT2D eigenvalue weighted by Crippen LogP contribution is -2.16. The highest BCUT2D eigenvalue weighted by Crippen LogP contribution is 2.30.